The van der Waals surface area contributed by atoms with E-state index >= 15 is 0 Å². The zero-order valence-corrected chi connectivity index (χ0v) is 16.4. The molecular weight excluding hydrogens is 392 g/mol. The van der Waals surface area contributed by atoms with E-state index in [9.17, 15) is 14.4 Å². The molecule has 1 atom stereocenters. The highest BCUT2D eigenvalue weighted by molar-refractivity contribution is 7.99. The number of rotatable bonds is 4. The van der Waals surface area contributed by atoms with Gasteiger partial charge in [-0.3, -0.25) is 9.59 Å². The lowest BCUT2D eigenvalue weighted by Gasteiger charge is -2.22. The van der Waals surface area contributed by atoms with E-state index in [0.717, 1.165) is 0 Å². The molecule has 1 aliphatic rings. The first kappa shape index (κ1) is 19.1. The molecule has 1 saturated heterocycles. The lowest BCUT2D eigenvalue weighted by Crippen LogP contribution is -2.45. The monoisotopic (exact) mass is 410 g/mol. The smallest absolute Gasteiger partial charge is 0.349 e. The van der Waals surface area contributed by atoms with Gasteiger partial charge < -0.3 is 19.4 Å². The van der Waals surface area contributed by atoms with Gasteiger partial charge >= 0.3 is 5.63 Å². The maximum atomic E-state index is 13.0. The standard InChI is InChI=1S/C21H18N2O5S/c1-27-15-8-6-14(7-9-15)22-19(24)17-11-29-12-23(17)20(25)16-10-13-4-2-3-5-18(13)28-21(16)26/h2-10,17H,11-12H2,1H3,(H,22,24). The Hall–Kier alpha value is -3.26. The Morgan fingerprint density at radius 1 is 1.17 bits per heavy atom. The summed E-state index contributed by atoms with van der Waals surface area (Å²) in [5.41, 5.74) is 0.234. The maximum absolute atomic E-state index is 13.0. The minimum Gasteiger partial charge on any atom is -0.497 e. The molecule has 0 bridgehead atoms. The summed E-state index contributed by atoms with van der Waals surface area (Å²) in [6, 6.07) is 14.8. The lowest BCUT2D eigenvalue weighted by atomic mass is 10.1. The zero-order valence-electron chi connectivity index (χ0n) is 15.6. The van der Waals surface area contributed by atoms with Gasteiger partial charge in [0.25, 0.3) is 5.91 Å². The van der Waals surface area contributed by atoms with E-state index < -0.39 is 17.6 Å². The van der Waals surface area contributed by atoms with Gasteiger partial charge in [0.2, 0.25) is 5.91 Å². The van der Waals surface area contributed by atoms with Crippen LogP contribution in [-0.4, -0.2) is 41.5 Å². The molecule has 3 aromatic rings. The third-order valence-corrected chi connectivity index (χ3v) is 5.69. The van der Waals surface area contributed by atoms with Gasteiger partial charge in [0.05, 0.1) is 13.0 Å². The summed E-state index contributed by atoms with van der Waals surface area (Å²) >= 11 is 1.46. The van der Waals surface area contributed by atoms with Gasteiger partial charge in [-0.25, -0.2) is 4.79 Å². The Morgan fingerprint density at radius 3 is 2.69 bits per heavy atom. The summed E-state index contributed by atoms with van der Waals surface area (Å²) in [7, 11) is 1.57. The quantitative estimate of drug-likeness (QED) is 0.666. The Kier molecular flexibility index (Phi) is 5.26. The van der Waals surface area contributed by atoms with E-state index in [-0.39, 0.29) is 11.5 Å². The van der Waals surface area contributed by atoms with Crippen LogP contribution in [0, 0.1) is 0 Å². The molecule has 29 heavy (non-hydrogen) atoms. The second kappa shape index (κ2) is 8.00. The van der Waals surface area contributed by atoms with Crippen LogP contribution in [-0.2, 0) is 4.79 Å². The van der Waals surface area contributed by atoms with Gasteiger partial charge in [-0.05, 0) is 36.4 Å². The Morgan fingerprint density at radius 2 is 1.93 bits per heavy atom. The zero-order chi connectivity index (χ0) is 20.4. The molecule has 1 fully saturated rings. The molecule has 1 aromatic heterocycles. The average Bonchev–Trinajstić information content (AvgIpc) is 3.23. The summed E-state index contributed by atoms with van der Waals surface area (Å²) in [6.07, 6.45) is 0. The number of anilines is 1. The van der Waals surface area contributed by atoms with Crippen LogP contribution in [0.15, 0.2) is 63.8 Å². The fourth-order valence-electron chi connectivity index (χ4n) is 3.13. The molecule has 1 aliphatic heterocycles. The third-order valence-electron chi connectivity index (χ3n) is 4.68. The predicted molar refractivity (Wildman–Crippen MR) is 111 cm³/mol. The van der Waals surface area contributed by atoms with Crippen molar-refractivity contribution >= 4 is 40.2 Å². The number of para-hydroxylation sites is 1. The number of nitrogens with one attached hydrogen (secondary N) is 1. The van der Waals surface area contributed by atoms with Crippen molar-refractivity contribution in [2.75, 3.05) is 24.1 Å². The average molecular weight is 410 g/mol. The molecule has 8 heteroatoms. The van der Waals surface area contributed by atoms with Crippen LogP contribution in [0.3, 0.4) is 0 Å². The molecule has 4 rings (SSSR count). The van der Waals surface area contributed by atoms with E-state index in [4.69, 9.17) is 9.15 Å². The Balaban J connectivity index is 1.56. The molecule has 2 aromatic carbocycles. The van der Waals surface area contributed by atoms with Crippen molar-refractivity contribution in [1.82, 2.24) is 4.90 Å². The van der Waals surface area contributed by atoms with Crippen LogP contribution in [0.25, 0.3) is 11.0 Å². The van der Waals surface area contributed by atoms with Crippen molar-refractivity contribution in [1.29, 1.82) is 0 Å². The minimum atomic E-state index is -0.708. The molecule has 0 radical (unpaired) electrons. The number of benzene rings is 2. The SMILES string of the molecule is COc1ccc(NC(=O)C2CSCN2C(=O)c2cc3ccccc3oc2=O)cc1. The van der Waals surface area contributed by atoms with Crippen molar-refractivity contribution in [3.63, 3.8) is 0 Å². The van der Waals surface area contributed by atoms with Gasteiger partial charge in [-0.1, -0.05) is 18.2 Å². The molecule has 148 valence electrons. The van der Waals surface area contributed by atoms with E-state index in [2.05, 4.69) is 5.32 Å². The number of carbonyl (C=O) groups excluding carboxylic acids is 2. The number of ether oxygens (including phenoxy) is 1. The van der Waals surface area contributed by atoms with Crippen LogP contribution < -0.4 is 15.7 Å². The third kappa shape index (κ3) is 3.84. The molecule has 1 unspecified atom stereocenters. The number of thioether (sulfide) groups is 1. The highest BCUT2D eigenvalue weighted by Crippen LogP contribution is 2.25. The van der Waals surface area contributed by atoms with Crippen LogP contribution >= 0.6 is 11.8 Å². The van der Waals surface area contributed by atoms with Crippen molar-refractivity contribution in [2.24, 2.45) is 0 Å². The van der Waals surface area contributed by atoms with Gasteiger partial charge in [0.15, 0.2) is 0 Å². The van der Waals surface area contributed by atoms with E-state index in [1.54, 1.807) is 55.6 Å². The lowest BCUT2D eigenvalue weighted by molar-refractivity contribution is -0.119. The predicted octanol–water partition coefficient (Wildman–Crippen LogP) is 2.96. The van der Waals surface area contributed by atoms with Gasteiger partial charge in [-0.2, -0.15) is 0 Å². The number of hydrogen-bond donors (Lipinski definition) is 1. The summed E-state index contributed by atoms with van der Waals surface area (Å²) in [5.74, 6) is 0.640. The summed E-state index contributed by atoms with van der Waals surface area (Å²) < 4.78 is 10.4. The summed E-state index contributed by atoms with van der Waals surface area (Å²) in [5, 5.41) is 3.47. The van der Waals surface area contributed by atoms with Gasteiger partial charge in [0.1, 0.15) is 22.9 Å². The minimum absolute atomic E-state index is 0.0755. The van der Waals surface area contributed by atoms with E-state index in [0.29, 0.717) is 34.0 Å². The number of methoxy groups -OCH3 is 1. The Labute approximate surface area is 170 Å². The van der Waals surface area contributed by atoms with Crippen LogP contribution in [0.1, 0.15) is 10.4 Å². The second-order valence-electron chi connectivity index (χ2n) is 6.49. The molecule has 7 nitrogen and oxygen atoms in total. The number of carbonyl (C=O) groups is 2. The first-order valence-electron chi connectivity index (χ1n) is 8.93. The van der Waals surface area contributed by atoms with Crippen molar-refractivity contribution in [3.8, 4) is 5.75 Å². The van der Waals surface area contributed by atoms with Crippen molar-refractivity contribution < 1.29 is 18.7 Å². The van der Waals surface area contributed by atoms with Crippen molar-refractivity contribution in [2.45, 2.75) is 6.04 Å². The molecule has 2 heterocycles. The second-order valence-corrected chi connectivity index (χ2v) is 7.49. The molecule has 2 amide bonds. The molecule has 0 aliphatic carbocycles. The fourth-order valence-corrected chi connectivity index (χ4v) is 4.28. The number of fused-ring (bicyclic) bond motifs is 1. The molecule has 0 spiro atoms. The van der Waals surface area contributed by atoms with Crippen LogP contribution in [0.2, 0.25) is 0 Å². The largest absolute Gasteiger partial charge is 0.497 e. The van der Waals surface area contributed by atoms with Crippen LogP contribution in [0.5, 0.6) is 5.75 Å². The number of hydrogen-bond acceptors (Lipinski definition) is 6. The van der Waals surface area contributed by atoms with E-state index in [1.165, 1.54) is 22.7 Å². The molecule has 0 saturated carbocycles. The van der Waals surface area contributed by atoms with Crippen LogP contribution in [0.4, 0.5) is 5.69 Å². The molecular formula is C21H18N2O5S. The van der Waals surface area contributed by atoms with Crippen molar-refractivity contribution in [3.05, 3.63) is 70.6 Å². The Bertz CT molecular complexity index is 1130. The normalized spacial score (nSPS) is 16.0. The highest BCUT2D eigenvalue weighted by Gasteiger charge is 2.36. The van der Waals surface area contributed by atoms with E-state index in [1.807, 2.05) is 0 Å². The maximum Gasteiger partial charge on any atom is 0.349 e. The number of nitrogens with zero attached hydrogens (tertiary/aromatic N) is 1. The first-order chi connectivity index (χ1) is 14.1. The fraction of sp³-hybridized carbons (Fsp3) is 0.190. The summed E-state index contributed by atoms with van der Waals surface area (Å²) in [4.78, 5) is 39.5. The topological polar surface area (TPSA) is 88.8 Å². The van der Waals surface area contributed by atoms with Gasteiger partial charge in [0, 0.05) is 16.8 Å². The van der Waals surface area contributed by atoms with Gasteiger partial charge in [-0.15, -0.1) is 11.8 Å². The number of amides is 2. The first-order valence-corrected chi connectivity index (χ1v) is 10.1. The highest BCUT2D eigenvalue weighted by atomic mass is 32.2. The molecule has 1 N–H and O–H groups in total. The summed E-state index contributed by atoms with van der Waals surface area (Å²) in [6.45, 7) is 0.